The highest BCUT2D eigenvalue weighted by Gasteiger charge is 2.36. The molecule has 162 valence electrons. The van der Waals surface area contributed by atoms with Crippen LogP contribution in [0.2, 0.25) is 0 Å². The minimum atomic E-state index is -0.624. The van der Waals surface area contributed by atoms with E-state index in [1.807, 2.05) is 6.92 Å². The molecule has 30 heavy (non-hydrogen) atoms. The molecular formula is C20H24N2O7S. The number of carbonyl (C=O) groups excluding carboxylic acids is 4. The van der Waals surface area contributed by atoms with E-state index >= 15 is 0 Å². The number of imide groups is 1. The van der Waals surface area contributed by atoms with Gasteiger partial charge in [-0.15, -0.1) is 0 Å². The maximum Gasteiger partial charge on any atom is 0.326 e. The second-order valence-electron chi connectivity index (χ2n) is 6.24. The number of nitrogens with zero attached hydrogens (tertiary/aromatic N) is 1. The van der Waals surface area contributed by atoms with E-state index in [0.29, 0.717) is 23.7 Å². The second kappa shape index (κ2) is 11.2. The first kappa shape index (κ1) is 23.3. The monoisotopic (exact) mass is 436 g/mol. The fourth-order valence-corrected chi connectivity index (χ4v) is 3.28. The van der Waals surface area contributed by atoms with Crippen molar-refractivity contribution < 1.29 is 33.4 Å². The number of benzene rings is 1. The molecule has 1 aliphatic heterocycles. The molecule has 1 aliphatic rings. The van der Waals surface area contributed by atoms with Gasteiger partial charge in [-0.25, -0.2) is 0 Å². The molecule has 0 unspecified atom stereocenters. The molecule has 1 saturated heterocycles. The van der Waals surface area contributed by atoms with Crippen LogP contribution in [0, 0.1) is 0 Å². The van der Waals surface area contributed by atoms with Crippen LogP contribution in [0.25, 0.3) is 6.08 Å². The third-order valence-corrected chi connectivity index (χ3v) is 4.76. The van der Waals surface area contributed by atoms with Crippen LogP contribution < -0.4 is 15.2 Å². The van der Waals surface area contributed by atoms with Crippen LogP contribution in [0.5, 0.6) is 11.5 Å². The molecule has 9 nitrogen and oxygen atoms in total. The predicted octanol–water partition coefficient (Wildman–Crippen LogP) is 2.33. The lowest BCUT2D eigenvalue weighted by Gasteiger charge is -2.12. The number of primary amides is 1. The summed E-state index contributed by atoms with van der Waals surface area (Å²) in [5, 5.41) is -0.537. The van der Waals surface area contributed by atoms with Crippen molar-refractivity contribution in [1.82, 2.24) is 4.90 Å². The van der Waals surface area contributed by atoms with E-state index in [1.165, 1.54) is 6.08 Å². The van der Waals surface area contributed by atoms with E-state index in [-0.39, 0.29) is 18.1 Å². The Bertz CT molecular complexity index is 854. The first-order chi connectivity index (χ1) is 14.3. The van der Waals surface area contributed by atoms with Gasteiger partial charge in [0.2, 0.25) is 0 Å². The molecule has 2 N–H and O–H groups in total. The lowest BCUT2D eigenvalue weighted by Crippen LogP contribution is -2.34. The summed E-state index contributed by atoms with van der Waals surface area (Å²) >= 11 is 0.742. The zero-order valence-electron chi connectivity index (χ0n) is 16.8. The molecule has 3 amide bonds. The van der Waals surface area contributed by atoms with Gasteiger partial charge in [-0.3, -0.25) is 24.1 Å². The van der Waals surface area contributed by atoms with E-state index in [0.717, 1.165) is 29.5 Å². The molecule has 0 aromatic heterocycles. The smallest absolute Gasteiger partial charge is 0.326 e. The van der Waals surface area contributed by atoms with Gasteiger partial charge in [-0.1, -0.05) is 19.4 Å². The normalized spacial score (nSPS) is 14.9. The summed E-state index contributed by atoms with van der Waals surface area (Å²) in [7, 11) is 0. The van der Waals surface area contributed by atoms with Crippen LogP contribution in [0.1, 0.15) is 32.3 Å². The zero-order chi connectivity index (χ0) is 22.1. The Hall–Kier alpha value is -3.01. The van der Waals surface area contributed by atoms with Crippen molar-refractivity contribution in [2.45, 2.75) is 26.7 Å². The summed E-state index contributed by atoms with van der Waals surface area (Å²) in [6.07, 6.45) is 3.11. The first-order valence-electron chi connectivity index (χ1n) is 9.44. The molecule has 0 aliphatic carbocycles. The number of amides is 3. The fourth-order valence-electron chi connectivity index (χ4n) is 2.44. The summed E-state index contributed by atoms with van der Waals surface area (Å²) in [5.74, 6) is -1.11. The van der Waals surface area contributed by atoms with Crippen molar-refractivity contribution in [2.75, 3.05) is 26.4 Å². The minimum absolute atomic E-state index is 0.176. The Labute approximate surface area is 178 Å². The second-order valence-corrected chi connectivity index (χ2v) is 7.23. The fraction of sp³-hybridized carbons (Fsp3) is 0.400. The summed E-state index contributed by atoms with van der Waals surface area (Å²) in [5.41, 5.74) is 5.67. The number of rotatable bonds is 11. The number of unbranched alkanes of at least 4 members (excludes halogenated alkanes) is 1. The van der Waals surface area contributed by atoms with E-state index in [4.69, 9.17) is 19.9 Å². The third-order valence-electron chi connectivity index (χ3n) is 3.86. The van der Waals surface area contributed by atoms with Gasteiger partial charge in [-0.2, -0.15) is 0 Å². The van der Waals surface area contributed by atoms with E-state index in [1.54, 1.807) is 25.1 Å². The molecule has 1 aromatic carbocycles. The highest BCUT2D eigenvalue weighted by Crippen LogP contribution is 2.34. The third kappa shape index (κ3) is 6.51. The maximum absolute atomic E-state index is 12.5. The molecule has 1 aromatic rings. The topological polar surface area (TPSA) is 125 Å². The average molecular weight is 436 g/mol. The number of thioether (sulfide) groups is 1. The molecular weight excluding hydrogens is 412 g/mol. The van der Waals surface area contributed by atoms with Gasteiger partial charge in [-0.05, 0) is 48.9 Å². The van der Waals surface area contributed by atoms with Crippen LogP contribution in [-0.4, -0.2) is 54.3 Å². The van der Waals surface area contributed by atoms with Gasteiger partial charge >= 0.3 is 5.97 Å². The van der Waals surface area contributed by atoms with Crippen molar-refractivity contribution in [3.05, 3.63) is 28.7 Å². The largest absolute Gasteiger partial charge is 0.490 e. The lowest BCUT2D eigenvalue weighted by atomic mass is 10.2. The Morgan fingerprint density at radius 1 is 1.17 bits per heavy atom. The molecule has 0 spiro atoms. The Morgan fingerprint density at radius 2 is 1.93 bits per heavy atom. The summed E-state index contributed by atoms with van der Waals surface area (Å²) in [6, 6.07) is 4.84. The number of carbonyl (C=O) groups is 4. The summed E-state index contributed by atoms with van der Waals surface area (Å²) in [4.78, 5) is 48.5. The SMILES string of the molecule is CCCCOC(=O)CN1C(=O)S/C(=C\c2ccc(OCC(N)=O)c(OCC)c2)C1=O. The van der Waals surface area contributed by atoms with E-state index < -0.39 is 29.6 Å². The van der Waals surface area contributed by atoms with Crippen LogP contribution in [0.3, 0.4) is 0 Å². The van der Waals surface area contributed by atoms with Crippen molar-refractivity contribution in [3.63, 3.8) is 0 Å². The highest BCUT2D eigenvalue weighted by atomic mass is 32.2. The van der Waals surface area contributed by atoms with E-state index in [9.17, 15) is 19.2 Å². The molecule has 1 fully saturated rings. The Morgan fingerprint density at radius 3 is 2.60 bits per heavy atom. The molecule has 0 bridgehead atoms. The molecule has 1 heterocycles. The van der Waals surface area contributed by atoms with Gasteiger partial charge in [0.05, 0.1) is 18.1 Å². The number of esters is 1. The van der Waals surface area contributed by atoms with Crippen molar-refractivity contribution in [2.24, 2.45) is 5.73 Å². The lowest BCUT2D eigenvalue weighted by molar-refractivity contribution is -0.146. The minimum Gasteiger partial charge on any atom is -0.490 e. The Kier molecular flexibility index (Phi) is 8.72. The van der Waals surface area contributed by atoms with Crippen LogP contribution in [-0.2, 0) is 19.1 Å². The standard InChI is InChI=1S/C20H24N2O7S/c1-3-5-8-28-18(24)11-22-19(25)16(30-20(22)26)10-13-6-7-14(29-12-17(21)23)15(9-13)27-4-2/h6-7,9-10H,3-5,8,11-12H2,1-2H3,(H2,21,23)/b16-10-. The number of ether oxygens (including phenoxy) is 3. The van der Waals surface area contributed by atoms with Crippen molar-refractivity contribution >= 4 is 40.9 Å². The van der Waals surface area contributed by atoms with Gasteiger partial charge in [0, 0.05) is 0 Å². The molecule has 0 atom stereocenters. The quantitative estimate of drug-likeness (QED) is 0.318. The van der Waals surface area contributed by atoms with Gasteiger partial charge < -0.3 is 19.9 Å². The number of hydrogen-bond acceptors (Lipinski definition) is 8. The predicted molar refractivity (Wildman–Crippen MR) is 111 cm³/mol. The van der Waals surface area contributed by atoms with Gasteiger partial charge in [0.1, 0.15) is 6.54 Å². The van der Waals surface area contributed by atoms with Crippen LogP contribution in [0.15, 0.2) is 23.1 Å². The molecule has 0 saturated carbocycles. The summed E-state index contributed by atoms with van der Waals surface area (Å²) in [6.45, 7) is 3.64. The van der Waals surface area contributed by atoms with Crippen molar-refractivity contribution in [3.8, 4) is 11.5 Å². The summed E-state index contributed by atoms with van der Waals surface area (Å²) < 4.78 is 15.8. The van der Waals surface area contributed by atoms with E-state index in [2.05, 4.69) is 0 Å². The highest BCUT2D eigenvalue weighted by molar-refractivity contribution is 8.18. The Balaban J connectivity index is 2.13. The number of hydrogen-bond donors (Lipinski definition) is 1. The maximum atomic E-state index is 12.5. The molecule has 10 heteroatoms. The molecule has 0 radical (unpaired) electrons. The average Bonchev–Trinajstić information content (AvgIpc) is 2.95. The van der Waals surface area contributed by atoms with Gasteiger partial charge in [0.15, 0.2) is 18.1 Å². The first-order valence-corrected chi connectivity index (χ1v) is 10.3. The van der Waals surface area contributed by atoms with Crippen molar-refractivity contribution in [1.29, 1.82) is 0 Å². The van der Waals surface area contributed by atoms with Crippen LogP contribution >= 0.6 is 11.8 Å². The van der Waals surface area contributed by atoms with Gasteiger partial charge in [0.25, 0.3) is 17.1 Å². The molecule has 2 rings (SSSR count). The number of nitrogens with two attached hydrogens (primary N) is 1. The van der Waals surface area contributed by atoms with Crippen LogP contribution in [0.4, 0.5) is 4.79 Å². The zero-order valence-corrected chi connectivity index (χ0v) is 17.7.